The summed E-state index contributed by atoms with van der Waals surface area (Å²) < 4.78 is -4.74. The zero-order chi connectivity index (χ0) is 13.2. The maximum absolute atomic E-state index is 4.67. The summed E-state index contributed by atoms with van der Waals surface area (Å²) in [7, 11) is 0. The molecule has 9 heteroatoms. The molecule has 1 aliphatic rings. The van der Waals surface area contributed by atoms with Gasteiger partial charge in [0, 0.05) is 0 Å². The van der Waals surface area contributed by atoms with Crippen LogP contribution in [0.1, 0.15) is 13.3 Å². The van der Waals surface area contributed by atoms with Crippen molar-refractivity contribution in [3.63, 3.8) is 0 Å². The Morgan fingerprint density at radius 2 is 0.812 bits per heavy atom. The van der Waals surface area contributed by atoms with Crippen LogP contribution in [0.3, 0.4) is 0 Å². The molecule has 0 aromatic carbocycles. The Kier molecular flexibility index (Phi) is 4.92. The molecule has 0 nitrogen and oxygen atoms in total. The van der Waals surface area contributed by atoms with E-state index in [0.717, 1.165) is 0 Å². The molecule has 1 saturated carbocycles. The van der Waals surface area contributed by atoms with E-state index in [-0.39, 0.29) is 0 Å². The molecule has 1 aliphatic carbocycles. The molecule has 0 amide bonds. The molecule has 0 bridgehead atoms. The van der Waals surface area contributed by atoms with Crippen molar-refractivity contribution in [2.24, 2.45) is 0 Å². The molecule has 0 saturated heterocycles. The van der Waals surface area contributed by atoms with Gasteiger partial charge in [-0.25, -0.2) is 0 Å². The minimum absolute atomic E-state index is 0.627. The van der Waals surface area contributed by atoms with Crippen LogP contribution in [0.4, 0.5) is 0 Å². The third-order valence-electron chi connectivity index (χ3n) is 3.12. The van der Waals surface area contributed by atoms with Crippen LogP contribution in [0, 0.1) is 0 Å². The third kappa shape index (κ3) is 1.71. The number of hydrogen-bond donors (Lipinski definition) is 9. The van der Waals surface area contributed by atoms with Gasteiger partial charge in [-0.05, 0) is 6.42 Å². The van der Waals surface area contributed by atoms with Crippen molar-refractivity contribution < 1.29 is 0 Å². The molecule has 96 valence electrons. The first-order valence-corrected chi connectivity index (χ1v) is 8.35. The van der Waals surface area contributed by atoms with Crippen molar-refractivity contribution in [1.29, 1.82) is 0 Å². The SMILES string of the molecule is CCC1(S)C(S)(S)C(S)(S)C(S)(S)C1(S)S. The second kappa shape index (κ2) is 4.58. The zero-order valence-electron chi connectivity index (χ0n) is 8.23. The van der Waals surface area contributed by atoms with Crippen molar-refractivity contribution in [2.45, 2.75) is 34.4 Å². The fourth-order valence-electron chi connectivity index (χ4n) is 1.80. The molecule has 0 spiro atoms. The normalized spacial score (nSPS) is 32.6. The first-order chi connectivity index (χ1) is 6.81. The Bertz CT molecular complexity index is 279. The average Bonchev–Trinajstić information content (AvgIpc) is 2.18. The molecule has 0 aliphatic heterocycles. The maximum atomic E-state index is 4.67. The lowest BCUT2D eigenvalue weighted by Crippen LogP contribution is -2.51. The summed E-state index contributed by atoms with van der Waals surface area (Å²) in [6.07, 6.45) is 0.627. The predicted octanol–water partition coefficient (Wildman–Crippen LogP) is 3.30. The van der Waals surface area contributed by atoms with Gasteiger partial charge in [0.25, 0.3) is 0 Å². The van der Waals surface area contributed by atoms with Gasteiger partial charge in [0.2, 0.25) is 0 Å². The lowest BCUT2D eigenvalue weighted by Gasteiger charge is -2.44. The van der Waals surface area contributed by atoms with E-state index in [2.05, 4.69) is 114 Å². The molecule has 0 heterocycles. The van der Waals surface area contributed by atoms with Crippen LogP contribution in [0.2, 0.25) is 0 Å². The first-order valence-electron chi connectivity index (χ1n) is 4.32. The van der Waals surface area contributed by atoms with Crippen LogP contribution < -0.4 is 0 Å². The molecular formula is C7H14S9. The van der Waals surface area contributed by atoms with E-state index < -0.39 is 21.1 Å². The first kappa shape index (κ1) is 17.2. The summed E-state index contributed by atoms with van der Waals surface area (Å²) in [4.78, 5) is 0. The highest BCUT2D eigenvalue weighted by atomic mass is 32.2. The van der Waals surface area contributed by atoms with Gasteiger partial charge in [-0.15, -0.1) is 0 Å². The monoisotopic (exact) mass is 386 g/mol. The third-order valence-corrected chi connectivity index (χ3v) is 12.5. The van der Waals surface area contributed by atoms with Crippen molar-refractivity contribution in [3.05, 3.63) is 0 Å². The molecule has 16 heavy (non-hydrogen) atoms. The van der Waals surface area contributed by atoms with Crippen LogP contribution in [0.5, 0.6) is 0 Å². The van der Waals surface area contributed by atoms with Crippen molar-refractivity contribution in [1.82, 2.24) is 0 Å². The Labute approximate surface area is 146 Å². The van der Waals surface area contributed by atoms with Gasteiger partial charge in [-0.3, -0.25) is 0 Å². The van der Waals surface area contributed by atoms with Gasteiger partial charge in [0.15, 0.2) is 0 Å². The van der Waals surface area contributed by atoms with Gasteiger partial charge in [0.05, 0.1) is 12.9 Å². The highest BCUT2D eigenvalue weighted by Crippen LogP contribution is 2.75. The Hall–Kier alpha value is 3.15. The molecule has 0 aromatic heterocycles. The Morgan fingerprint density at radius 3 is 0.938 bits per heavy atom. The van der Waals surface area contributed by atoms with Gasteiger partial charge >= 0.3 is 0 Å². The highest BCUT2D eigenvalue weighted by molar-refractivity contribution is 8.16. The summed E-state index contributed by atoms with van der Waals surface area (Å²) in [6.45, 7) is 1.95. The Balaban J connectivity index is 3.58. The minimum Gasteiger partial charge on any atom is -0.168 e. The smallest absolute Gasteiger partial charge is 0.106 e. The fraction of sp³-hybridized carbons (Fsp3) is 1.00. The van der Waals surface area contributed by atoms with Gasteiger partial charge < -0.3 is 0 Å². The molecule has 1 rings (SSSR count). The molecule has 0 unspecified atom stereocenters. The van der Waals surface area contributed by atoms with E-state index in [1.165, 1.54) is 0 Å². The molecule has 0 N–H and O–H groups in total. The minimum atomic E-state index is -1.03. The van der Waals surface area contributed by atoms with Crippen LogP contribution in [0.25, 0.3) is 0 Å². The lowest BCUT2D eigenvalue weighted by atomic mass is 10.0. The van der Waals surface area contributed by atoms with Crippen LogP contribution in [-0.2, 0) is 0 Å². The topological polar surface area (TPSA) is 0 Å². The number of rotatable bonds is 1. The molecule has 0 aromatic rings. The van der Waals surface area contributed by atoms with Gasteiger partial charge in [-0.1, -0.05) is 6.92 Å². The van der Waals surface area contributed by atoms with E-state index in [9.17, 15) is 0 Å². The van der Waals surface area contributed by atoms with Crippen LogP contribution in [-0.4, -0.2) is 21.1 Å². The van der Waals surface area contributed by atoms with Crippen LogP contribution >= 0.6 is 114 Å². The second-order valence-electron chi connectivity index (χ2n) is 3.90. The summed E-state index contributed by atoms with van der Waals surface area (Å²) in [5, 5.41) is 0. The second-order valence-corrected chi connectivity index (χ2v) is 11.4. The van der Waals surface area contributed by atoms with E-state index in [1.54, 1.807) is 0 Å². The van der Waals surface area contributed by atoms with E-state index in [0.29, 0.717) is 6.42 Å². The molecule has 0 atom stereocenters. The number of thiol groups is 9. The maximum Gasteiger partial charge on any atom is 0.106 e. The van der Waals surface area contributed by atoms with Gasteiger partial charge in [-0.2, -0.15) is 114 Å². The fourth-order valence-corrected chi connectivity index (χ4v) is 6.95. The summed E-state index contributed by atoms with van der Waals surface area (Å²) in [5.74, 6) is 0. The van der Waals surface area contributed by atoms with Crippen molar-refractivity contribution >= 4 is 114 Å². The summed E-state index contributed by atoms with van der Waals surface area (Å²) >= 11 is 40.9. The van der Waals surface area contributed by atoms with Crippen molar-refractivity contribution in [3.8, 4) is 0 Å². The standard InChI is InChI=1S/C7H14S9/c1-2-3(8)4(9,10)6(13,14)7(15,16)5(3,11)12/h8-16H,2H2,1H3. The zero-order valence-corrected chi connectivity index (χ0v) is 16.3. The van der Waals surface area contributed by atoms with E-state index in [1.807, 2.05) is 6.92 Å². The summed E-state index contributed by atoms with van der Waals surface area (Å²) in [5.41, 5.74) is 0. The van der Waals surface area contributed by atoms with Crippen molar-refractivity contribution in [2.75, 3.05) is 0 Å². The molecule has 0 radical (unpaired) electrons. The van der Waals surface area contributed by atoms with E-state index >= 15 is 0 Å². The largest absolute Gasteiger partial charge is 0.168 e. The van der Waals surface area contributed by atoms with Crippen LogP contribution in [0.15, 0.2) is 0 Å². The Morgan fingerprint density at radius 1 is 0.562 bits per heavy atom. The number of hydrogen-bond acceptors (Lipinski definition) is 9. The highest BCUT2D eigenvalue weighted by Gasteiger charge is 2.79. The van der Waals surface area contributed by atoms with Gasteiger partial charge in [0.1, 0.15) is 8.16 Å². The summed E-state index contributed by atoms with van der Waals surface area (Å²) in [6, 6.07) is 0. The molecule has 1 fully saturated rings. The average molecular weight is 387 g/mol. The van der Waals surface area contributed by atoms with E-state index in [4.69, 9.17) is 0 Å². The predicted molar refractivity (Wildman–Crippen MR) is 105 cm³/mol. The quantitative estimate of drug-likeness (QED) is 0.240. The molecular weight excluding hydrogens is 373 g/mol. The lowest BCUT2D eigenvalue weighted by molar-refractivity contribution is 0.573.